The first kappa shape index (κ1) is 14.5. The Labute approximate surface area is 134 Å². The summed E-state index contributed by atoms with van der Waals surface area (Å²) < 4.78 is 26.2. The van der Waals surface area contributed by atoms with E-state index in [2.05, 4.69) is 15.0 Å². The van der Waals surface area contributed by atoms with Crippen molar-refractivity contribution in [3.8, 4) is 0 Å². The predicted molar refractivity (Wildman–Crippen MR) is 79.4 cm³/mol. The van der Waals surface area contributed by atoms with Gasteiger partial charge < -0.3 is 0 Å². The normalized spacial score (nSPS) is 12.0. The standard InChI is InChI=1S/C11H5Cl3N4O2S/c12-6-3-1-2-4-7(6)21(19,20)18-5-15-8-9(13)16-11(14)17-10(8)18/h1-5H. The Morgan fingerprint density at radius 2 is 1.76 bits per heavy atom. The van der Waals surface area contributed by atoms with Crippen molar-refractivity contribution in [3.05, 3.63) is 46.1 Å². The molecule has 0 aliphatic rings. The van der Waals surface area contributed by atoms with Crippen molar-refractivity contribution in [3.63, 3.8) is 0 Å². The highest BCUT2D eigenvalue weighted by atomic mass is 35.5. The van der Waals surface area contributed by atoms with Gasteiger partial charge in [0.2, 0.25) is 5.28 Å². The van der Waals surface area contributed by atoms with Gasteiger partial charge in [0.25, 0.3) is 10.0 Å². The van der Waals surface area contributed by atoms with Crippen LogP contribution in [0.5, 0.6) is 0 Å². The number of halogens is 3. The van der Waals surface area contributed by atoms with Crippen LogP contribution in [0, 0.1) is 0 Å². The minimum Gasteiger partial charge on any atom is -0.231 e. The summed E-state index contributed by atoms with van der Waals surface area (Å²) in [6, 6.07) is 6.05. The third-order valence-electron chi connectivity index (χ3n) is 2.67. The maximum absolute atomic E-state index is 12.6. The topological polar surface area (TPSA) is 77.7 Å². The molecule has 0 unspecified atom stereocenters. The first-order valence-electron chi connectivity index (χ1n) is 5.47. The van der Waals surface area contributed by atoms with Crippen molar-refractivity contribution >= 4 is 56.0 Å². The second-order valence-electron chi connectivity index (χ2n) is 3.93. The van der Waals surface area contributed by atoms with E-state index in [9.17, 15) is 8.42 Å². The number of nitrogens with zero attached hydrogens (tertiary/aromatic N) is 4. The molecule has 3 rings (SSSR count). The van der Waals surface area contributed by atoms with Crippen LogP contribution in [0.4, 0.5) is 0 Å². The summed E-state index contributed by atoms with van der Waals surface area (Å²) >= 11 is 17.5. The molecule has 0 saturated heterocycles. The molecule has 0 aliphatic heterocycles. The summed E-state index contributed by atoms with van der Waals surface area (Å²) in [5, 5.41) is -0.118. The van der Waals surface area contributed by atoms with Crippen molar-refractivity contribution < 1.29 is 8.42 Å². The molecular weight excluding hydrogens is 359 g/mol. The van der Waals surface area contributed by atoms with Crippen LogP contribution in [0.2, 0.25) is 15.5 Å². The first-order valence-corrected chi connectivity index (χ1v) is 8.05. The summed E-state index contributed by atoms with van der Waals surface area (Å²) in [5.41, 5.74) is 0.122. The molecule has 0 saturated carbocycles. The van der Waals surface area contributed by atoms with E-state index in [0.717, 1.165) is 10.3 Å². The van der Waals surface area contributed by atoms with Crippen LogP contribution >= 0.6 is 34.8 Å². The molecule has 21 heavy (non-hydrogen) atoms. The van der Waals surface area contributed by atoms with Crippen LogP contribution in [-0.4, -0.2) is 27.3 Å². The van der Waals surface area contributed by atoms with Crippen molar-refractivity contribution in [2.24, 2.45) is 0 Å². The molecule has 0 bridgehead atoms. The van der Waals surface area contributed by atoms with Gasteiger partial charge in [0.05, 0.1) is 5.02 Å². The molecule has 6 nitrogen and oxygen atoms in total. The molecule has 108 valence electrons. The molecule has 0 amide bonds. The third kappa shape index (κ3) is 2.36. The average Bonchev–Trinajstić information content (AvgIpc) is 2.83. The molecule has 0 atom stereocenters. The van der Waals surface area contributed by atoms with E-state index in [4.69, 9.17) is 34.8 Å². The van der Waals surface area contributed by atoms with Crippen molar-refractivity contribution in [2.45, 2.75) is 4.90 Å². The van der Waals surface area contributed by atoms with Crippen LogP contribution in [0.3, 0.4) is 0 Å². The minimum absolute atomic E-state index is 0.0140. The number of aromatic nitrogens is 4. The van der Waals surface area contributed by atoms with E-state index in [0.29, 0.717) is 0 Å². The molecule has 1 aromatic carbocycles. The lowest BCUT2D eigenvalue weighted by Crippen LogP contribution is -2.13. The van der Waals surface area contributed by atoms with Gasteiger partial charge in [-0.15, -0.1) is 0 Å². The second kappa shape index (κ2) is 5.10. The smallest absolute Gasteiger partial charge is 0.231 e. The molecule has 0 spiro atoms. The van der Waals surface area contributed by atoms with E-state index in [1.807, 2.05) is 0 Å². The van der Waals surface area contributed by atoms with Gasteiger partial charge in [-0.3, -0.25) is 0 Å². The van der Waals surface area contributed by atoms with E-state index in [1.54, 1.807) is 12.1 Å². The molecule has 0 radical (unpaired) electrons. The van der Waals surface area contributed by atoms with E-state index in [-0.39, 0.29) is 31.5 Å². The molecule has 2 heterocycles. The molecule has 3 aromatic rings. The molecule has 0 N–H and O–H groups in total. The summed E-state index contributed by atoms with van der Waals surface area (Å²) in [7, 11) is -3.97. The Balaban J connectivity index is 2.33. The van der Waals surface area contributed by atoms with Gasteiger partial charge in [0.1, 0.15) is 16.7 Å². The Kier molecular flexibility index (Phi) is 3.53. The molecule has 0 fully saturated rings. The first-order chi connectivity index (χ1) is 9.91. The summed E-state index contributed by atoms with van der Waals surface area (Å²) in [6.45, 7) is 0. The van der Waals surface area contributed by atoms with E-state index < -0.39 is 10.0 Å². The highest BCUT2D eigenvalue weighted by molar-refractivity contribution is 7.90. The minimum atomic E-state index is -3.97. The molecular formula is C11H5Cl3N4O2S. The third-order valence-corrected chi connectivity index (χ3v) is 5.24. The largest absolute Gasteiger partial charge is 0.272 e. The Hall–Kier alpha value is -1.41. The molecule has 10 heteroatoms. The lowest BCUT2D eigenvalue weighted by molar-refractivity contribution is 0.588. The van der Waals surface area contributed by atoms with Crippen LogP contribution in [0.1, 0.15) is 0 Å². The number of hydrogen-bond acceptors (Lipinski definition) is 5. The quantitative estimate of drug-likeness (QED) is 0.516. The fourth-order valence-electron chi connectivity index (χ4n) is 1.76. The maximum Gasteiger partial charge on any atom is 0.272 e. The highest BCUT2D eigenvalue weighted by Crippen LogP contribution is 2.27. The fourth-order valence-corrected chi connectivity index (χ4v) is 3.91. The predicted octanol–water partition coefficient (Wildman–Crippen LogP) is 3.02. The number of imidazole rings is 1. The van der Waals surface area contributed by atoms with Gasteiger partial charge in [0, 0.05) is 0 Å². The van der Waals surface area contributed by atoms with Crippen molar-refractivity contribution in [2.75, 3.05) is 0 Å². The fraction of sp³-hybridized carbons (Fsp3) is 0. The Morgan fingerprint density at radius 3 is 2.48 bits per heavy atom. The summed E-state index contributed by atoms with van der Waals surface area (Å²) in [6.07, 6.45) is 1.08. The summed E-state index contributed by atoms with van der Waals surface area (Å²) in [4.78, 5) is 11.4. The van der Waals surface area contributed by atoms with Crippen LogP contribution in [0.25, 0.3) is 11.2 Å². The number of rotatable bonds is 2. The average molecular weight is 364 g/mol. The zero-order valence-corrected chi connectivity index (χ0v) is 13.1. The lowest BCUT2D eigenvalue weighted by Gasteiger charge is -2.07. The number of hydrogen-bond donors (Lipinski definition) is 0. The van der Waals surface area contributed by atoms with Gasteiger partial charge in [-0.1, -0.05) is 35.3 Å². The van der Waals surface area contributed by atoms with E-state index >= 15 is 0 Å². The van der Waals surface area contributed by atoms with E-state index in [1.165, 1.54) is 12.1 Å². The molecule has 2 aromatic heterocycles. The van der Waals surface area contributed by atoms with Crippen molar-refractivity contribution in [1.29, 1.82) is 0 Å². The molecule has 0 aliphatic carbocycles. The number of fused-ring (bicyclic) bond motifs is 1. The SMILES string of the molecule is O=S(=O)(c1ccccc1Cl)n1cnc2c(Cl)nc(Cl)nc21. The maximum atomic E-state index is 12.6. The number of benzene rings is 1. The van der Waals surface area contributed by atoms with Gasteiger partial charge in [-0.25, -0.2) is 22.4 Å². The lowest BCUT2D eigenvalue weighted by atomic mass is 10.4. The van der Waals surface area contributed by atoms with Gasteiger partial charge in [-0.05, 0) is 23.7 Å². The van der Waals surface area contributed by atoms with Gasteiger partial charge >= 0.3 is 0 Å². The van der Waals surface area contributed by atoms with Gasteiger partial charge in [0.15, 0.2) is 10.8 Å². The second-order valence-corrected chi connectivity index (χ2v) is 6.82. The summed E-state index contributed by atoms with van der Waals surface area (Å²) in [5.74, 6) is 0. The Bertz CT molecular complexity index is 955. The van der Waals surface area contributed by atoms with Crippen LogP contribution < -0.4 is 0 Å². The monoisotopic (exact) mass is 362 g/mol. The van der Waals surface area contributed by atoms with Gasteiger partial charge in [-0.2, -0.15) is 4.98 Å². The zero-order valence-electron chi connectivity index (χ0n) is 10.0. The van der Waals surface area contributed by atoms with Crippen LogP contribution in [0.15, 0.2) is 35.5 Å². The zero-order chi connectivity index (χ0) is 15.2. The highest BCUT2D eigenvalue weighted by Gasteiger charge is 2.24. The van der Waals surface area contributed by atoms with Crippen LogP contribution in [-0.2, 0) is 10.0 Å². The Morgan fingerprint density at radius 1 is 1.05 bits per heavy atom. The van der Waals surface area contributed by atoms with Crippen molar-refractivity contribution in [1.82, 2.24) is 18.9 Å².